The summed E-state index contributed by atoms with van der Waals surface area (Å²) < 4.78 is 7.21. The number of hydrogen-bond donors (Lipinski definition) is 1. The molecule has 0 saturated carbocycles. The Balaban J connectivity index is 1.80. The van der Waals surface area contributed by atoms with Crippen molar-refractivity contribution in [1.82, 2.24) is 0 Å². The molecule has 0 bridgehead atoms. The number of benzene rings is 3. The van der Waals surface area contributed by atoms with Crippen LogP contribution in [0.1, 0.15) is 18.9 Å². The van der Waals surface area contributed by atoms with Crippen LogP contribution >= 0.6 is 22.6 Å². The van der Waals surface area contributed by atoms with Gasteiger partial charge >= 0.3 is 0 Å². The summed E-state index contributed by atoms with van der Waals surface area (Å²) in [5.41, 5.74) is 1.87. The van der Waals surface area contributed by atoms with Crippen LogP contribution in [0.2, 0.25) is 0 Å². The van der Waals surface area contributed by atoms with Crippen molar-refractivity contribution in [3.63, 3.8) is 0 Å². The smallest absolute Gasteiger partial charge is 0.265 e. The molecular weight excluding hydrogens is 425 g/mol. The highest BCUT2D eigenvalue weighted by molar-refractivity contribution is 14.1. The number of nitrogens with one attached hydrogen (secondary N) is 1. The molecule has 1 atom stereocenters. The van der Waals surface area contributed by atoms with Gasteiger partial charge in [-0.3, -0.25) is 4.79 Å². The Kier molecular flexibility index (Phi) is 5.58. The molecule has 0 heterocycles. The second kappa shape index (κ2) is 7.87. The van der Waals surface area contributed by atoms with Gasteiger partial charge in [-0.15, -0.1) is 0 Å². The quantitative estimate of drug-likeness (QED) is 0.523. The number of amides is 1. The molecule has 0 aliphatic heterocycles. The minimum atomic E-state index is -0.538. The lowest BCUT2D eigenvalue weighted by Crippen LogP contribution is -2.32. The van der Waals surface area contributed by atoms with Crippen LogP contribution in [0.5, 0.6) is 5.75 Å². The normalized spacial score (nSPS) is 12.0. The lowest BCUT2D eigenvalue weighted by atomic mass is 10.1. The first-order valence-corrected chi connectivity index (χ1v) is 9.38. The summed E-state index contributed by atoms with van der Waals surface area (Å²) in [6, 6.07) is 19.9. The van der Waals surface area contributed by atoms with Gasteiger partial charge in [0.2, 0.25) is 0 Å². The topological polar surface area (TPSA) is 38.3 Å². The Bertz CT molecular complexity index is 902. The first kappa shape index (κ1) is 17.7. The second-order valence-corrected chi connectivity index (χ2v) is 7.19. The van der Waals surface area contributed by atoms with Crippen LogP contribution in [-0.4, -0.2) is 12.0 Å². The third-order valence-corrected chi connectivity index (χ3v) is 4.80. The molecule has 0 saturated heterocycles. The predicted molar refractivity (Wildman–Crippen MR) is 111 cm³/mol. The van der Waals surface area contributed by atoms with Gasteiger partial charge in [0.05, 0.1) is 0 Å². The average molecular weight is 445 g/mol. The summed E-state index contributed by atoms with van der Waals surface area (Å²) in [6.45, 7) is 3.94. The fraction of sp³-hybridized carbons (Fsp3) is 0.190. The summed E-state index contributed by atoms with van der Waals surface area (Å²) in [6.07, 6.45) is 0.0582. The first-order valence-electron chi connectivity index (χ1n) is 8.30. The van der Waals surface area contributed by atoms with Crippen molar-refractivity contribution in [1.29, 1.82) is 0 Å². The molecule has 0 aliphatic carbocycles. The maximum Gasteiger partial charge on any atom is 0.265 e. The summed E-state index contributed by atoms with van der Waals surface area (Å²) in [5, 5.41) is 5.11. The van der Waals surface area contributed by atoms with Gasteiger partial charge in [-0.05, 0) is 71.2 Å². The highest BCUT2D eigenvalue weighted by Crippen LogP contribution is 2.27. The van der Waals surface area contributed by atoms with Gasteiger partial charge in [-0.1, -0.05) is 43.3 Å². The van der Waals surface area contributed by atoms with Crippen molar-refractivity contribution in [2.75, 3.05) is 5.32 Å². The van der Waals surface area contributed by atoms with Gasteiger partial charge in [0, 0.05) is 14.6 Å². The van der Waals surface area contributed by atoms with E-state index >= 15 is 0 Å². The van der Waals surface area contributed by atoms with Gasteiger partial charge in [0.15, 0.2) is 6.10 Å². The third-order valence-electron chi connectivity index (χ3n) is 4.13. The molecule has 0 radical (unpaired) electrons. The van der Waals surface area contributed by atoms with Gasteiger partial charge in [0.1, 0.15) is 5.75 Å². The van der Waals surface area contributed by atoms with E-state index in [2.05, 4.69) is 27.9 Å². The molecular formula is C21H20INO2. The van der Waals surface area contributed by atoms with Crippen molar-refractivity contribution < 1.29 is 9.53 Å². The molecule has 4 heteroatoms. The van der Waals surface area contributed by atoms with E-state index in [1.807, 2.05) is 74.5 Å². The molecule has 0 unspecified atom stereocenters. The lowest BCUT2D eigenvalue weighted by Gasteiger charge is -2.19. The largest absolute Gasteiger partial charge is 0.480 e. The van der Waals surface area contributed by atoms with Crippen molar-refractivity contribution in [3.8, 4) is 5.75 Å². The van der Waals surface area contributed by atoms with Crippen molar-refractivity contribution in [2.45, 2.75) is 26.4 Å². The van der Waals surface area contributed by atoms with Crippen molar-refractivity contribution in [3.05, 3.63) is 69.8 Å². The molecule has 3 rings (SSSR count). The number of carbonyl (C=O) groups excluding carboxylic acids is 1. The fourth-order valence-corrected chi connectivity index (χ4v) is 3.40. The minimum Gasteiger partial charge on any atom is -0.480 e. The molecule has 3 nitrogen and oxygen atoms in total. The number of ether oxygens (including phenoxy) is 1. The van der Waals surface area contributed by atoms with Crippen LogP contribution in [0.25, 0.3) is 10.8 Å². The maximum atomic E-state index is 12.7. The van der Waals surface area contributed by atoms with Crippen LogP contribution < -0.4 is 10.1 Å². The number of anilines is 1. The highest BCUT2D eigenvalue weighted by Gasteiger charge is 2.20. The summed E-state index contributed by atoms with van der Waals surface area (Å²) in [7, 11) is 0. The van der Waals surface area contributed by atoms with Gasteiger partial charge in [0.25, 0.3) is 5.91 Å². The Morgan fingerprint density at radius 2 is 1.88 bits per heavy atom. The Labute approximate surface area is 161 Å². The molecule has 3 aromatic rings. The Morgan fingerprint density at radius 3 is 2.64 bits per heavy atom. The van der Waals surface area contributed by atoms with Crippen molar-refractivity contribution >= 4 is 45.0 Å². The molecule has 0 aliphatic rings. The van der Waals surface area contributed by atoms with E-state index < -0.39 is 6.10 Å². The van der Waals surface area contributed by atoms with E-state index in [4.69, 9.17) is 4.74 Å². The summed E-state index contributed by atoms with van der Waals surface area (Å²) >= 11 is 2.26. The van der Waals surface area contributed by atoms with Crippen molar-refractivity contribution in [2.24, 2.45) is 0 Å². The third kappa shape index (κ3) is 4.12. The van der Waals surface area contributed by atoms with Crippen LogP contribution in [-0.2, 0) is 4.79 Å². The fourth-order valence-electron chi connectivity index (χ4n) is 2.75. The van der Waals surface area contributed by atoms with Crippen LogP contribution in [0.4, 0.5) is 5.69 Å². The SMILES string of the molecule is CC[C@@H](Oc1cccc2ccccc12)C(=O)Nc1ccc(I)cc1C. The number of fused-ring (bicyclic) bond motifs is 1. The van der Waals surface area contributed by atoms with E-state index in [0.29, 0.717) is 6.42 Å². The average Bonchev–Trinajstić information content (AvgIpc) is 2.62. The number of aryl methyl sites for hydroxylation is 1. The molecule has 1 N–H and O–H groups in total. The van der Waals surface area contributed by atoms with E-state index in [1.54, 1.807) is 0 Å². The first-order chi connectivity index (χ1) is 12.1. The van der Waals surface area contributed by atoms with E-state index in [1.165, 1.54) is 0 Å². The molecule has 1 amide bonds. The Morgan fingerprint density at radius 1 is 1.12 bits per heavy atom. The van der Waals surface area contributed by atoms with E-state index in [9.17, 15) is 4.79 Å². The second-order valence-electron chi connectivity index (χ2n) is 5.94. The monoisotopic (exact) mass is 445 g/mol. The minimum absolute atomic E-state index is 0.125. The standard InChI is InChI=1S/C21H20INO2/c1-3-19(21(24)23-18-12-11-16(22)13-14(18)2)25-20-10-6-8-15-7-4-5-9-17(15)20/h4-13,19H,3H2,1-2H3,(H,23,24)/t19-/m1/s1. The van der Waals surface area contributed by atoms with Gasteiger partial charge < -0.3 is 10.1 Å². The number of hydrogen-bond acceptors (Lipinski definition) is 2. The zero-order valence-electron chi connectivity index (χ0n) is 14.3. The number of rotatable bonds is 5. The van der Waals surface area contributed by atoms with E-state index in [0.717, 1.165) is 31.3 Å². The van der Waals surface area contributed by atoms with Gasteiger partial charge in [-0.2, -0.15) is 0 Å². The molecule has 0 spiro atoms. The number of carbonyl (C=O) groups is 1. The van der Waals surface area contributed by atoms with Crippen LogP contribution in [0.15, 0.2) is 60.7 Å². The zero-order valence-corrected chi connectivity index (χ0v) is 16.4. The lowest BCUT2D eigenvalue weighted by molar-refractivity contribution is -0.122. The molecule has 3 aromatic carbocycles. The highest BCUT2D eigenvalue weighted by atomic mass is 127. The summed E-state index contributed by atoms with van der Waals surface area (Å²) in [4.78, 5) is 12.7. The van der Waals surface area contributed by atoms with E-state index in [-0.39, 0.29) is 5.91 Å². The Hall–Kier alpha value is -2.08. The van der Waals surface area contributed by atoms with Crippen LogP contribution in [0.3, 0.4) is 0 Å². The molecule has 0 fully saturated rings. The molecule has 25 heavy (non-hydrogen) atoms. The zero-order chi connectivity index (χ0) is 17.8. The maximum absolute atomic E-state index is 12.7. The molecule has 0 aromatic heterocycles. The predicted octanol–water partition coefficient (Wildman–Crippen LogP) is 5.55. The summed E-state index contributed by atoms with van der Waals surface area (Å²) in [5.74, 6) is 0.610. The number of halogens is 1. The van der Waals surface area contributed by atoms with Gasteiger partial charge in [-0.25, -0.2) is 0 Å². The van der Waals surface area contributed by atoms with Crippen LogP contribution in [0, 0.1) is 10.5 Å². The molecule has 128 valence electrons.